The van der Waals surface area contributed by atoms with E-state index >= 15 is 0 Å². The first-order valence-electron chi connectivity index (χ1n) is 4.74. The lowest BCUT2D eigenvalue weighted by Gasteiger charge is -2.01. The topological polar surface area (TPSA) is 75.2 Å². The lowest BCUT2D eigenvalue weighted by molar-refractivity contribution is 0.100. The van der Waals surface area contributed by atoms with Gasteiger partial charge >= 0.3 is 0 Å². The number of amides is 1. The van der Waals surface area contributed by atoms with Gasteiger partial charge < -0.3 is 4.98 Å². The summed E-state index contributed by atoms with van der Waals surface area (Å²) in [5.41, 5.74) is 0.789. The number of aromatic nitrogens is 2. The van der Waals surface area contributed by atoms with Gasteiger partial charge in [-0.3, -0.25) is 14.6 Å². The monoisotopic (exact) mass is 245 g/mol. The van der Waals surface area contributed by atoms with Crippen LogP contribution in [0.1, 0.15) is 16.1 Å². The lowest BCUT2D eigenvalue weighted by atomic mass is 10.1. The number of nitrogens with zero attached hydrogens (tertiary/aromatic N) is 2. The zero-order valence-electron chi connectivity index (χ0n) is 8.85. The number of nitrogens with one attached hydrogen (secondary N) is 1. The van der Waals surface area contributed by atoms with Crippen molar-refractivity contribution >= 4 is 34.2 Å². The maximum atomic E-state index is 11.6. The Morgan fingerprint density at radius 2 is 2.35 bits per heavy atom. The predicted molar refractivity (Wildman–Crippen MR) is 66.5 cm³/mol. The number of carbonyl (C=O) groups is 1. The molecule has 2 aromatic rings. The molecule has 1 N–H and O–H groups in total. The Morgan fingerprint density at radius 1 is 1.59 bits per heavy atom. The van der Waals surface area contributed by atoms with Gasteiger partial charge in [-0.25, -0.2) is 0 Å². The molecule has 0 radical (unpaired) electrons. The molecule has 0 fully saturated rings. The number of H-pyrrole nitrogens is 1. The highest BCUT2D eigenvalue weighted by atomic mass is 32.1. The van der Waals surface area contributed by atoms with E-state index in [9.17, 15) is 9.59 Å². The minimum absolute atomic E-state index is 0.0639. The predicted octanol–water partition coefficient (Wildman–Crippen LogP) is 1.47. The van der Waals surface area contributed by atoms with Gasteiger partial charge in [0, 0.05) is 17.3 Å². The van der Waals surface area contributed by atoms with Crippen molar-refractivity contribution in [2.24, 2.45) is 4.99 Å². The quantitative estimate of drug-likeness (QED) is 0.610. The smallest absolute Gasteiger partial charge is 0.291 e. The van der Waals surface area contributed by atoms with Gasteiger partial charge in [-0.15, -0.1) is 0 Å². The molecule has 2 aromatic heterocycles. The molecule has 1 amide bonds. The van der Waals surface area contributed by atoms with Crippen molar-refractivity contribution in [2.45, 2.75) is 6.92 Å². The van der Waals surface area contributed by atoms with Crippen molar-refractivity contribution in [2.75, 3.05) is 0 Å². The molecule has 0 aliphatic rings. The summed E-state index contributed by atoms with van der Waals surface area (Å²) < 4.78 is 0. The molecule has 0 unspecified atom stereocenters. The van der Waals surface area contributed by atoms with E-state index in [0.29, 0.717) is 10.9 Å². The summed E-state index contributed by atoms with van der Waals surface area (Å²) in [5.74, 6) is -0.702. The number of isothiocyanates is 1. The molecule has 0 atom stereocenters. The van der Waals surface area contributed by atoms with Crippen molar-refractivity contribution in [1.82, 2.24) is 9.97 Å². The van der Waals surface area contributed by atoms with Crippen molar-refractivity contribution < 1.29 is 4.79 Å². The third-order valence-electron chi connectivity index (χ3n) is 2.35. The Labute approximate surface area is 101 Å². The number of hydrogen-bond acceptors (Lipinski definition) is 4. The second-order valence-electron chi connectivity index (χ2n) is 3.38. The Kier molecular flexibility index (Phi) is 2.91. The standard InChI is InChI=1S/C11H7N3O2S/c1-6-7-4-8(10(15)13-5-17)11(16)14-9(7)2-3-12-6/h2-4H,1H3,(H,14,16). The average molecular weight is 245 g/mol. The number of aromatic amines is 1. The zero-order chi connectivity index (χ0) is 12.4. The molecular weight excluding hydrogens is 238 g/mol. The number of thiocarbonyl (C=S) groups is 1. The van der Waals surface area contributed by atoms with Crippen LogP contribution in [0.5, 0.6) is 0 Å². The summed E-state index contributed by atoms with van der Waals surface area (Å²) >= 11 is 4.33. The normalized spacial score (nSPS) is 9.94. The van der Waals surface area contributed by atoms with Gasteiger partial charge in [-0.1, -0.05) is 0 Å². The molecule has 0 aliphatic heterocycles. The highest BCUT2D eigenvalue weighted by Gasteiger charge is 2.11. The summed E-state index contributed by atoms with van der Waals surface area (Å²) in [6, 6.07) is 3.13. The van der Waals surface area contributed by atoms with Crippen LogP contribution >= 0.6 is 12.2 Å². The van der Waals surface area contributed by atoms with Crippen LogP contribution < -0.4 is 5.56 Å². The molecule has 5 nitrogen and oxygen atoms in total. The third-order valence-corrected chi connectivity index (χ3v) is 2.44. The van der Waals surface area contributed by atoms with E-state index in [-0.39, 0.29) is 5.56 Å². The first-order chi connectivity index (χ1) is 8.13. The minimum Gasteiger partial charge on any atom is -0.321 e. The highest BCUT2D eigenvalue weighted by molar-refractivity contribution is 7.78. The van der Waals surface area contributed by atoms with Crippen molar-refractivity contribution in [3.05, 3.63) is 39.9 Å². The van der Waals surface area contributed by atoms with Gasteiger partial charge in [-0.2, -0.15) is 4.99 Å². The van der Waals surface area contributed by atoms with Crippen LogP contribution in [0, 0.1) is 6.92 Å². The summed E-state index contributed by atoms with van der Waals surface area (Å²) in [6.07, 6.45) is 1.59. The molecule has 6 heteroatoms. The van der Waals surface area contributed by atoms with Gasteiger partial charge in [-0.05, 0) is 31.3 Å². The number of rotatable bonds is 1. The van der Waals surface area contributed by atoms with Crippen LogP contribution in [-0.4, -0.2) is 21.0 Å². The fourth-order valence-corrected chi connectivity index (χ4v) is 1.61. The van der Waals surface area contributed by atoms with E-state index in [1.165, 1.54) is 6.07 Å². The largest absolute Gasteiger partial charge is 0.321 e. The Bertz CT molecular complexity index is 714. The molecule has 0 bridgehead atoms. The summed E-state index contributed by atoms with van der Waals surface area (Å²) in [4.78, 5) is 33.1. The van der Waals surface area contributed by atoms with Crippen LogP contribution in [0.25, 0.3) is 10.9 Å². The van der Waals surface area contributed by atoms with Crippen LogP contribution in [0.2, 0.25) is 0 Å². The Morgan fingerprint density at radius 3 is 3.06 bits per heavy atom. The van der Waals surface area contributed by atoms with E-state index < -0.39 is 11.5 Å². The molecule has 0 saturated heterocycles. The van der Waals surface area contributed by atoms with Crippen LogP contribution in [0.3, 0.4) is 0 Å². The average Bonchev–Trinajstić information content (AvgIpc) is 2.29. The fraction of sp³-hybridized carbons (Fsp3) is 0.0909. The summed E-state index contributed by atoms with van der Waals surface area (Å²) in [7, 11) is 0. The molecule has 0 aromatic carbocycles. The van der Waals surface area contributed by atoms with E-state index in [1.807, 2.05) is 5.16 Å². The maximum absolute atomic E-state index is 11.6. The molecule has 84 valence electrons. The molecular formula is C11H7N3O2S. The maximum Gasteiger partial charge on any atom is 0.291 e. The Balaban J connectivity index is 2.79. The van der Waals surface area contributed by atoms with Crippen LogP contribution in [0.4, 0.5) is 0 Å². The second-order valence-corrected chi connectivity index (χ2v) is 3.56. The number of aliphatic imine (C=N–C) groups is 1. The van der Waals surface area contributed by atoms with E-state index in [2.05, 4.69) is 27.2 Å². The molecule has 2 rings (SSSR count). The van der Waals surface area contributed by atoms with Crippen LogP contribution in [-0.2, 0) is 0 Å². The molecule has 0 aliphatic carbocycles. The number of aryl methyl sites for hydroxylation is 1. The van der Waals surface area contributed by atoms with Crippen molar-refractivity contribution in [3.63, 3.8) is 0 Å². The van der Waals surface area contributed by atoms with Gasteiger partial charge in [0.05, 0.1) is 10.7 Å². The SMILES string of the molecule is Cc1nccc2[nH]c(=O)c(C(=O)N=C=S)cc12. The molecule has 2 heterocycles. The number of carbonyl (C=O) groups excluding carboxylic acids is 1. The van der Waals surface area contributed by atoms with Crippen LogP contribution in [0.15, 0.2) is 28.1 Å². The van der Waals surface area contributed by atoms with Crippen molar-refractivity contribution in [1.29, 1.82) is 0 Å². The van der Waals surface area contributed by atoms with Crippen molar-refractivity contribution in [3.8, 4) is 0 Å². The van der Waals surface area contributed by atoms with Gasteiger partial charge in [0.1, 0.15) is 5.56 Å². The van der Waals surface area contributed by atoms with Gasteiger partial charge in [0.25, 0.3) is 11.5 Å². The fourth-order valence-electron chi connectivity index (χ4n) is 1.53. The molecule has 0 saturated carbocycles. The molecule has 17 heavy (non-hydrogen) atoms. The summed E-state index contributed by atoms with van der Waals surface area (Å²) in [5, 5.41) is 2.65. The second kappa shape index (κ2) is 4.37. The lowest BCUT2D eigenvalue weighted by Crippen LogP contribution is -2.16. The van der Waals surface area contributed by atoms with E-state index in [4.69, 9.17) is 0 Å². The third kappa shape index (κ3) is 2.04. The summed E-state index contributed by atoms with van der Waals surface area (Å²) in [6.45, 7) is 1.79. The Hall–Kier alpha value is -2.17. The van der Waals surface area contributed by atoms with Gasteiger partial charge in [0.2, 0.25) is 0 Å². The van der Waals surface area contributed by atoms with Gasteiger partial charge in [0.15, 0.2) is 0 Å². The highest BCUT2D eigenvalue weighted by Crippen LogP contribution is 2.13. The first kappa shape index (κ1) is 11.3. The van der Waals surface area contributed by atoms with E-state index in [0.717, 1.165) is 5.69 Å². The number of pyridine rings is 2. The number of hydrogen-bond donors (Lipinski definition) is 1. The minimum atomic E-state index is -0.702. The zero-order valence-corrected chi connectivity index (χ0v) is 9.67. The number of fused-ring (bicyclic) bond motifs is 1. The molecule has 0 spiro atoms. The first-order valence-corrected chi connectivity index (χ1v) is 5.15. The van der Waals surface area contributed by atoms with E-state index in [1.54, 1.807) is 19.2 Å².